The molecule has 0 bridgehead atoms. The molecule has 1 atom stereocenters. The van der Waals surface area contributed by atoms with Crippen molar-refractivity contribution in [2.45, 2.75) is 32.1 Å². The zero-order valence-corrected chi connectivity index (χ0v) is 10.9. The summed E-state index contributed by atoms with van der Waals surface area (Å²) in [5.74, 6) is -1.65. The van der Waals surface area contributed by atoms with Crippen molar-refractivity contribution in [3.05, 3.63) is 23.4 Å². The van der Waals surface area contributed by atoms with Gasteiger partial charge >= 0.3 is 0 Å². The van der Waals surface area contributed by atoms with Gasteiger partial charge in [0.05, 0.1) is 17.3 Å². The average molecular weight is 276 g/mol. The molecule has 2 amide bonds. The molecule has 0 aliphatic carbocycles. The van der Waals surface area contributed by atoms with E-state index in [9.17, 15) is 14.0 Å². The lowest BCUT2D eigenvalue weighted by Crippen LogP contribution is -2.39. The van der Waals surface area contributed by atoms with Crippen LogP contribution in [0.25, 0.3) is 10.9 Å². The zero-order chi connectivity index (χ0) is 14.3. The van der Waals surface area contributed by atoms with Crippen molar-refractivity contribution in [1.82, 2.24) is 20.5 Å². The maximum atomic E-state index is 14.1. The van der Waals surface area contributed by atoms with Crippen LogP contribution in [0.4, 0.5) is 4.39 Å². The SMILES string of the molecule is CCc1ncc2c(C3CCC(=O)NC3=O)[nH]nc2c1F. The highest BCUT2D eigenvalue weighted by atomic mass is 19.1. The van der Waals surface area contributed by atoms with E-state index in [1.807, 2.05) is 6.92 Å². The van der Waals surface area contributed by atoms with Crippen LogP contribution < -0.4 is 5.32 Å². The molecule has 20 heavy (non-hydrogen) atoms. The van der Waals surface area contributed by atoms with E-state index in [-0.39, 0.29) is 23.8 Å². The van der Waals surface area contributed by atoms with Gasteiger partial charge in [-0.25, -0.2) is 4.39 Å². The summed E-state index contributed by atoms with van der Waals surface area (Å²) in [6.07, 6.45) is 2.65. The van der Waals surface area contributed by atoms with Crippen LogP contribution in [0, 0.1) is 5.82 Å². The summed E-state index contributed by atoms with van der Waals surface area (Å²) in [4.78, 5) is 27.1. The fourth-order valence-corrected chi connectivity index (χ4v) is 2.48. The average Bonchev–Trinajstić information content (AvgIpc) is 2.84. The molecular formula is C13H13FN4O2. The van der Waals surface area contributed by atoms with Crippen LogP contribution in [0.2, 0.25) is 0 Å². The Kier molecular flexibility index (Phi) is 2.96. The van der Waals surface area contributed by atoms with Crippen molar-refractivity contribution in [2.75, 3.05) is 0 Å². The predicted molar refractivity (Wildman–Crippen MR) is 68.3 cm³/mol. The van der Waals surface area contributed by atoms with E-state index < -0.39 is 11.7 Å². The van der Waals surface area contributed by atoms with Crippen molar-refractivity contribution >= 4 is 22.7 Å². The molecule has 0 saturated carbocycles. The van der Waals surface area contributed by atoms with Gasteiger partial charge in [0.25, 0.3) is 0 Å². The number of imide groups is 1. The minimum atomic E-state index is -0.522. The first kappa shape index (κ1) is 12.7. The number of nitrogens with zero attached hydrogens (tertiary/aromatic N) is 2. The number of amides is 2. The maximum Gasteiger partial charge on any atom is 0.235 e. The number of carbonyl (C=O) groups excluding carboxylic acids is 2. The Morgan fingerprint density at radius 3 is 2.95 bits per heavy atom. The Bertz CT molecular complexity index is 710. The number of aromatic amines is 1. The van der Waals surface area contributed by atoms with Gasteiger partial charge in [-0.15, -0.1) is 0 Å². The fraction of sp³-hybridized carbons (Fsp3) is 0.385. The highest BCUT2D eigenvalue weighted by Gasteiger charge is 2.31. The summed E-state index contributed by atoms with van der Waals surface area (Å²) in [7, 11) is 0. The van der Waals surface area contributed by atoms with E-state index >= 15 is 0 Å². The van der Waals surface area contributed by atoms with E-state index in [0.717, 1.165) is 0 Å². The molecule has 6 nitrogen and oxygen atoms in total. The molecule has 3 rings (SSSR count). The first-order chi connectivity index (χ1) is 9.61. The number of H-pyrrole nitrogens is 1. The van der Waals surface area contributed by atoms with Crippen LogP contribution in [0.3, 0.4) is 0 Å². The standard InChI is InChI=1S/C13H13FN4O2/c1-2-8-10(14)12-7(5-15-8)11(17-18-12)6-3-4-9(19)16-13(6)20/h5-6H,2-4H2,1H3,(H,17,18)(H,16,19,20). The van der Waals surface area contributed by atoms with Crippen molar-refractivity contribution < 1.29 is 14.0 Å². The van der Waals surface area contributed by atoms with Gasteiger partial charge in [-0.3, -0.25) is 25.0 Å². The maximum absolute atomic E-state index is 14.1. The van der Waals surface area contributed by atoms with Gasteiger partial charge in [0.1, 0.15) is 5.52 Å². The lowest BCUT2D eigenvalue weighted by molar-refractivity contribution is -0.134. The van der Waals surface area contributed by atoms with Gasteiger partial charge < -0.3 is 0 Å². The van der Waals surface area contributed by atoms with Crippen LogP contribution >= 0.6 is 0 Å². The van der Waals surface area contributed by atoms with Crippen molar-refractivity contribution in [3.8, 4) is 0 Å². The van der Waals surface area contributed by atoms with E-state index in [0.29, 0.717) is 29.6 Å². The molecule has 2 aromatic heterocycles. The molecule has 1 saturated heterocycles. The van der Waals surface area contributed by atoms with E-state index in [2.05, 4.69) is 20.5 Å². The summed E-state index contributed by atoms with van der Waals surface area (Å²) >= 11 is 0. The second kappa shape index (κ2) is 4.66. The molecule has 2 N–H and O–H groups in total. The van der Waals surface area contributed by atoms with Gasteiger partial charge in [-0.05, 0) is 12.8 Å². The number of rotatable bonds is 2. The number of pyridine rings is 1. The van der Waals surface area contributed by atoms with Gasteiger partial charge in [-0.1, -0.05) is 6.92 Å². The number of nitrogens with one attached hydrogen (secondary N) is 2. The summed E-state index contributed by atoms with van der Waals surface area (Å²) < 4.78 is 14.1. The molecule has 3 heterocycles. The quantitative estimate of drug-likeness (QED) is 0.806. The van der Waals surface area contributed by atoms with Crippen molar-refractivity contribution in [3.63, 3.8) is 0 Å². The van der Waals surface area contributed by atoms with Crippen molar-refractivity contribution in [1.29, 1.82) is 0 Å². The summed E-state index contributed by atoms with van der Waals surface area (Å²) in [6, 6.07) is 0. The molecule has 7 heteroatoms. The van der Waals surface area contributed by atoms with E-state index in [1.165, 1.54) is 6.20 Å². The van der Waals surface area contributed by atoms with Crippen molar-refractivity contribution in [2.24, 2.45) is 0 Å². The topological polar surface area (TPSA) is 87.7 Å². The third-order valence-corrected chi connectivity index (χ3v) is 3.57. The Hall–Kier alpha value is -2.31. The second-order valence-corrected chi connectivity index (χ2v) is 4.78. The molecule has 104 valence electrons. The number of aryl methyl sites for hydroxylation is 1. The first-order valence-electron chi connectivity index (χ1n) is 6.46. The molecule has 1 aliphatic heterocycles. The van der Waals surface area contributed by atoms with E-state index in [1.54, 1.807) is 0 Å². The number of halogens is 1. The Balaban J connectivity index is 2.07. The van der Waals surface area contributed by atoms with Gasteiger partial charge in [0.2, 0.25) is 11.8 Å². The van der Waals surface area contributed by atoms with Gasteiger partial charge in [0, 0.05) is 18.0 Å². The lowest BCUT2D eigenvalue weighted by Gasteiger charge is -2.19. The fourth-order valence-electron chi connectivity index (χ4n) is 2.48. The Morgan fingerprint density at radius 1 is 1.45 bits per heavy atom. The number of carbonyl (C=O) groups is 2. The summed E-state index contributed by atoms with van der Waals surface area (Å²) in [5, 5.41) is 9.44. The lowest BCUT2D eigenvalue weighted by atomic mass is 9.93. The largest absolute Gasteiger partial charge is 0.296 e. The third kappa shape index (κ3) is 1.86. The number of hydrogen-bond donors (Lipinski definition) is 2. The molecule has 1 unspecified atom stereocenters. The van der Waals surface area contributed by atoms with Gasteiger partial charge in [-0.2, -0.15) is 5.10 Å². The Labute approximate surface area is 113 Å². The summed E-state index contributed by atoms with van der Waals surface area (Å²) in [6.45, 7) is 1.81. The monoisotopic (exact) mass is 276 g/mol. The molecule has 0 spiro atoms. The normalized spacial score (nSPS) is 19.4. The first-order valence-corrected chi connectivity index (χ1v) is 6.46. The zero-order valence-electron chi connectivity index (χ0n) is 10.9. The molecule has 0 aromatic carbocycles. The summed E-state index contributed by atoms with van der Waals surface area (Å²) in [5.41, 5.74) is 1.05. The number of hydrogen-bond acceptors (Lipinski definition) is 4. The van der Waals surface area contributed by atoms with Crippen LogP contribution in [-0.2, 0) is 16.0 Å². The van der Waals surface area contributed by atoms with Crippen LogP contribution in [0.1, 0.15) is 37.1 Å². The molecular weight excluding hydrogens is 263 g/mol. The third-order valence-electron chi connectivity index (χ3n) is 3.57. The molecule has 1 fully saturated rings. The molecule has 1 aliphatic rings. The smallest absolute Gasteiger partial charge is 0.235 e. The molecule has 0 radical (unpaired) electrons. The highest BCUT2D eigenvalue weighted by molar-refractivity contribution is 6.02. The minimum Gasteiger partial charge on any atom is -0.296 e. The van der Waals surface area contributed by atoms with E-state index in [4.69, 9.17) is 0 Å². The highest BCUT2D eigenvalue weighted by Crippen LogP contribution is 2.30. The van der Waals surface area contributed by atoms with Crippen LogP contribution in [0.15, 0.2) is 6.20 Å². The van der Waals surface area contributed by atoms with Crippen LogP contribution in [0.5, 0.6) is 0 Å². The minimum absolute atomic E-state index is 0.191. The predicted octanol–water partition coefficient (Wildman–Crippen LogP) is 1.18. The van der Waals surface area contributed by atoms with Gasteiger partial charge in [0.15, 0.2) is 5.82 Å². The number of piperidine rings is 1. The number of aromatic nitrogens is 3. The molecule has 2 aromatic rings. The number of fused-ring (bicyclic) bond motifs is 1. The Morgan fingerprint density at radius 2 is 2.25 bits per heavy atom. The second-order valence-electron chi connectivity index (χ2n) is 4.78. The van der Waals surface area contributed by atoms with Crippen LogP contribution in [-0.4, -0.2) is 27.0 Å².